The second kappa shape index (κ2) is 2.94. The molecular weight excluding hydrogens is 168 g/mol. The molecule has 0 fully saturated rings. The van der Waals surface area contributed by atoms with Gasteiger partial charge in [0.15, 0.2) is 0 Å². The van der Waals surface area contributed by atoms with Crippen LogP contribution in [0.4, 0.5) is 0 Å². The van der Waals surface area contributed by atoms with Gasteiger partial charge in [0.1, 0.15) is 6.61 Å². The second-order valence-corrected chi connectivity index (χ2v) is 2.80. The van der Waals surface area contributed by atoms with E-state index in [1.54, 1.807) is 6.08 Å². The molecule has 0 amide bonds. The van der Waals surface area contributed by atoms with Crippen molar-refractivity contribution in [2.75, 3.05) is 0 Å². The van der Waals surface area contributed by atoms with Gasteiger partial charge in [-0.25, -0.2) is 4.79 Å². The molecule has 1 aromatic carbocycles. The summed E-state index contributed by atoms with van der Waals surface area (Å²) in [6.07, 6.45) is 1.54. The quantitative estimate of drug-likeness (QED) is 0.707. The maximum atomic E-state index is 10.6. The third-order valence-corrected chi connectivity index (χ3v) is 1.94. The van der Waals surface area contributed by atoms with Crippen molar-refractivity contribution in [1.82, 2.24) is 0 Å². The van der Waals surface area contributed by atoms with E-state index in [2.05, 4.69) is 0 Å². The molecule has 0 radical (unpaired) electrons. The van der Waals surface area contributed by atoms with Crippen LogP contribution in [0, 0.1) is 0 Å². The van der Waals surface area contributed by atoms with Crippen molar-refractivity contribution in [2.24, 2.45) is 0 Å². The summed E-state index contributed by atoms with van der Waals surface area (Å²) in [4.78, 5) is 10.6. The molecular formula is C10H8O3. The molecule has 1 aliphatic rings. The average Bonchev–Trinajstić information content (AvgIpc) is 2.17. The first-order valence-electron chi connectivity index (χ1n) is 3.93. The number of carboxylic acid groups (broad SMARTS) is 1. The van der Waals surface area contributed by atoms with Crippen molar-refractivity contribution >= 4 is 12.0 Å². The number of benzene rings is 1. The van der Waals surface area contributed by atoms with E-state index in [1.165, 1.54) is 0 Å². The Kier molecular flexibility index (Phi) is 1.77. The van der Waals surface area contributed by atoms with Crippen LogP contribution in [-0.4, -0.2) is 11.1 Å². The molecule has 66 valence electrons. The van der Waals surface area contributed by atoms with Gasteiger partial charge in [0.05, 0.1) is 0 Å². The van der Waals surface area contributed by atoms with Gasteiger partial charge in [-0.05, 0) is 17.2 Å². The van der Waals surface area contributed by atoms with Gasteiger partial charge >= 0.3 is 5.97 Å². The van der Waals surface area contributed by atoms with Crippen LogP contribution in [-0.2, 0) is 16.1 Å². The number of hydrogen-bond acceptors (Lipinski definition) is 2. The fourth-order valence-electron chi connectivity index (χ4n) is 1.27. The summed E-state index contributed by atoms with van der Waals surface area (Å²) in [5.74, 6) is -1.01. The van der Waals surface area contributed by atoms with Crippen molar-refractivity contribution in [2.45, 2.75) is 6.61 Å². The Hall–Kier alpha value is -1.77. The number of fused-ring (bicyclic) bond motifs is 1. The molecule has 1 heterocycles. The van der Waals surface area contributed by atoms with Gasteiger partial charge < -0.3 is 9.84 Å². The first-order valence-corrected chi connectivity index (χ1v) is 3.93. The lowest BCUT2D eigenvalue weighted by Gasteiger charge is -2.14. The molecule has 0 aliphatic carbocycles. The number of hydrogen-bond donors (Lipinski definition) is 1. The minimum Gasteiger partial charge on any atom is -0.482 e. The zero-order valence-electron chi connectivity index (χ0n) is 6.86. The molecule has 0 saturated carbocycles. The fourth-order valence-corrected chi connectivity index (χ4v) is 1.27. The molecule has 13 heavy (non-hydrogen) atoms. The van der Waals surface area contributed by atoms with Crippen molar-refractivity contribution in [3.05, 3.63) is 41.2 Å². The third kappa shape index (κ3) is 1.40. The molecule has 1 aliphatic heterocycles. The summed E-state index contributed by atoms with van der Waals surface area (Å²) in [6.45, 7) is 0.342. The van der Waals surface area contributed by atoms with Crippen LogP contribution >= 0.6 is 0 Å². The van der Waals surface area contributed by atoms with Crippen LogP contribution in [0.15, 0.2) is 30.0 Å². The van der Waals surface area contributed by atoms with Crippen LogP contribution in [0.25, 0.3) is 6.08 Å². The smallest absolute Gasteiger partial charge is 0.371 e. The summed E-state index contributed by atoms with van der Waals surface area (Å²) in [7, 11) is 0. The van der Waals surface area contributed by atoms with Crippen LogP contribution < -0.4 is 0 Å². The minimum absolute atomic E-state index is 0.0127. The first-order chi connectivity index (χ1) is 6.27. The third-order valence-electron chi connectivity index (χ3n) is 1.94. The van der Waals surface area contributed by atoms with Crippen molar-refractivity contribution in [1.29, 1.82) is 0 Å². The van der Waals surface area contributed by atoms with Gasteiger partial charge in [0.25, 0.3) is 0 Å². The summed E-state index contributed by atoms with van der Waals surface area (Å²) in [6, 6.07) is 7.58. The summed E-state index contributed by atoms with van der Waals surface area (Å²) < 4.78 is 5.03. The Morgan fingerprint density at radius 2 is 2.15 bits per heavy atom. The van der Waals surface area contributed by atoms with Crippen LogP contribution in [0.1, 0.15) is 11.1 Å². The number of carbonyl (C=O) groups is 1. The van der Waals surface area contributed by atoms with Gasteiger partial charge in [-0.2, -0.15) is 0 Å². The maximum Gasteiger partial charge on any atom is 0.371 e. The highest BCUT2D eigenvalue weighted by molar-refractivity contribution is 5.90. The van der Waals surface area contributed by atoms with Gasteiger partial charge in [-0.1, -0.05) is 24.3 Å². The normalized spacial score (nSPS) is 14.0. The molecule has 1 N–H and O–H groups in total. The molecule has 0 spiro atoms. The lowest BCUT2D eigenvalue weighted by atomic mass is 10.1. The number of carboxylic acids is 1. The molecule has 0 unspecified atom stereocenters. The molecule has 2 rings (SSSR count). The van der Waals surface area contributed by atoms with E-state index in [4.69, 9.17) is 9.84 Å². The van der Waals surface area contributed by atoms with E-state index in [0.29, 0.717) is 6.61 Å². The average molecular weight is 176 g/mol. The summed E-state index contributed by atoms with van der Waals surface area (Å²) >= 11 is 0. The predicted octanol–water partition coefficient (Wildman–Crippen LogP) is 1.64. The maximum absolute atomic E-state index is 10.6. The number of ether oxygens (including phenoxy) is 1. The Labute approximate surface area is 75.3 Å². The van der Waals surface area contributed by atoms with Crippen molar-refractivity contribution in [3.63, 3.8) is 0 Å². The predicted molar refractivity (Wildman–Crippen MR) is 46.8 cm³/mol. The lowest BCUT2D eigenvalue weighted by Crippen LogP contribution is -2.09. The van der Waals surface area contributed by atoms with Crippen LogP contribution in [0.3, 0.4) is 0 Å². The summed E-state index contributed by atoms with van der Waals surface area (Å²) in [5.41, 5.74) is 1.94. The molecule has 0 bridgehead atoms. The van der Waals surface area contributed by atoms with Gasteiger partial charge in [-0.15, -0.1) is 0 Å². The Balaban J connectivity index is 2.44. The fraction of sp³-hybridized carbons (Fsp3) is 0.100. The monoisotopic (exact) mass is 176 g/mol. The van der Waals surface area contributed by atoms with Crippen molar-refractivity contribution < 1.29 is 14.6 Å². The molecule has 0 saturated heterocycles. The van der Waals surface area contributed by atoms with E-state index < -0.39 is 5.97 Å². The Bertz CT molecular complexity index is 380. The zero-order chi connectivity index (χ0) is 9.26. The molecule has 0 aromatic heterocycles. The molecule has 0 atom stereocenters. The second-order valence-electron chi connectivity index (χ2n) is 2.80. The molecule has 3 heteroatoms. The largest absolute Gasteiger partial charge is 0.482 e. The topological polar surface area (TPSA) is 46.5 Å². The van der Waals surface area contributed by atoms with Gasteiger partial charge in [-0.3, -0.25) is 0 Å². The zero-order valence-corrected chi connectivity index (χ0v) is 6.86. The van der Waals surface area contributed by atoms with Crippen molar-refractivity contribution in [3.8, 4) is 0 Å². The Morgan fingerprint density at radius 1 is 1.38 bits per heavy atom. The number of rotatable bonds is 1. The first kappa shape index (κ1) is 7.86. The van der Waals surface area contributed by atoms with E-state index in [1.807, 2.05) is 24.3 Å². The SMILES string of the molecule is O=C(O)C1=Cc2ccccc2CO1. The van der Waals surface area contributed by atoms with Gasteiger partial charge in [0.2, 0.25) is 5.76 Å². The van der Waals surface area contributed by atoms with E-state index in [9.17, 15) is 4.79 Å². The molecule has 1 aromatic rings. The highest BCUT2D eigenvalue weighted by Crippen LogP contribution is 2.21. The summed E-state index contributed by atoms with van der Waals surface area (Å²) in [5, 5.41) is 8.67. The molecule has 3 nitrogen and oxygen atoms in total. The van der Waals surface area contributed by atoms with Crippen LogP contribution in [0.5, 0.6) is 0 Å². The van der Waals surface area contributed by atoms with E-state index >= 15 is 0 Å². The highest BCUT2D eigenvalue weighted by atomic mass is 16.5. The number of aliphatic carboxylic acids is 1. The van der Waals surface area contributed by atoms with Gasteiger partial charge in [0, 0.05) is 0 Å². The van der Waals surface area contributed by atoms with Crippen LogP contribution in [0.2, 0.25) is 0 Å². The highest BCUT2D eigenvalue weighted by Gasteiger charge is 2.15. The van der Waals surface area contributed by atoms with E-state index in [-0.39, 0.29) is 5.76 Å². The van der Waals surface area contributed by atoms with E-state index in [0.717, 1.165) is 11.1 Å². The standard InChI is InChI=1S/C10H8O3/c11-10(12)9-5-7-3-1-2-4-8(7)6-13-9/h1-5H,6H2,(H,11,12). The Morgan fingerprint density at radius 3 is 2.92 bits per heavy atom. The lowest BCUT2D eigenvalue weighted by molar-refractivity contribution is -0.136. The minimum atomic E-state index is -1.02.